The highest BCUT2D eigenvalue weighted by molar-refractivity contribution is 5.96. The second-order valence-electron chi connectivity index (χ2n) is 6.42. The predicted molar refractivity (Wildman–Crippen MR) is 102 cm³/mol. The fraction of sp³-hybridized carbons (Fsp3) is 0.238. The Kier molecular flexibility index (Phi) is 5.26. The molecule has 0 spiro atoms. The smallest absolute Gasteiger partial charge is 0.337 e. The Morgan fingerprint density at radius 1 is 1.07 bits per heavy atom. The van der Waals surface area contributed by atoms with Crippen molar-refractivity contribution in [2.24, 2.45) is 0 Å². The first-order valence-electron chi connectivity index (χ1n) is 8.65. The molecule has 2 aromatic carbocycles. The molecular weight excluding hydrogens is 347 g/mol. The van der Waals surface area contributed by atoms with Gasteiger partial charge in [-0.1, -0.05) is 6.07 Å². The van der Waals surface area contributed by atoms with Crippen molar-refractivity contribution in [1.29, 1.82) is 0 Å². The second-order valence-corrected chi connectivity index (χ2v) is 6.42. The summed E-state index contributed by atoms with van der Waals surface area (Å²) in [6.45, 7) is 4.21. The molecule has 0 unspecified atom stereocenters. The van der Waals surface area contributed by atoms with Crippen molar-refractivity contribution < 1.29 is 18.7 Å². The zero-order valence-electron chi connectivity index (χ0n) is 15.5. The van der Waals surface area contributed by atoms with Crippen LogP contribution in [0.4, 0.5) is 4.39 Å². The molecule has 5 nitrogen and oxygen atoms in total. The molecule has 6 heteroatoms. The molecule has 3 rings (SSSR count). The molecule has 1 heterocycles. The number of esters is 1. The lowest BCUT2D eigenvalue weighted by Gasteiger charge is -2.07. The number of aromatic amines is 1. The Balaban J connectivity index is 1.69. The molecule has 3 aromatic rings. The van der Waals surface area contributed by atoms with E-state index < -0.39 is 5.97 Å². The van der Waals surface area contributed by atoms with Crippen LogP contribution in [0.2, 0.25) is 0 Å². The van der Waals surface area contributed by atoms with E-state index in [1.54, 1.807) is 30.3 Å². The van der Waals surface area contributed by atoms with E-state index in [4.69, 9.17) is 0 Å². The minimum Gasteiger partial charge on any atom is -0.465 e. The van der Waals surface area contributed by atoms with Gasteiger partial charge in [0.2, 0.25) is 0 Å². The third-order valence-corrected chi connectivity index (χ3v) is 4.66. The summed E-state index contributed by atoms with van der Waals surface area (Å²) in [5.74, 6) is -0.964. The van der Waals surface area contributed by atoms with Gasteiger partial charge in [-0.15, -0.1) is 0 Å². The summed E-state index contributed by atoms with van der Waals surface area (Å²) in [5.41, 5.74) is 4.37. The number of rotatable bonds is 5. The number of ether oxygens (including phenoxy) is 1. The fourth-order valence-corrected chi connectivity index (χ4v) is 3.18. The van der Waals surface area contributed by atoms with Crippen LogP contribution in [0, 0.1) is 19.7 Å². The number of H-pyrrole nitrogens is 1. The highest BCUT2D eigenvalue weighted by Crippen LogP contribution is 2.27. The van der Waals surface area contributed by atoms with Crippen molar-refractivity contribution >= 4 is 22.8 Å². The number of benzene rings is 2. The monoisotopic (exact) mass is 368 g/mol. The highest BCUT2D eigenvalue weighted by Gasteiger charge is 2.15. The van der Waals surface area contributed by atoms with Crippen LogP contribution in [0.1, 0.15) is 37.5 Å². The standard InChI is InChI=1S/C21H21FN2O3/c1-12-4-9-17(22)18-16(13(2)24-19(12)18)10-11-23-20(25)14-5-7-15(8-6-14)21(26)27-3/h4-9,24H,10-11H2,1-3H3,(H,23,25). The fourth-order valence-electron chi connectivity index (χ4n) is 3.18. The zero-order chi connectivity index (χ0) is 19.6. The number of hydrogen-bond acceptors (Lipinski definition) is 3. The molecule has 0 radical (unpaired) electrons. The minimum atomic E-state index is -0.450. The Labute approximate surface area is 156 Å². The summed E-state index contributed by atoms with van der Waals surface area (Å²) < 4.78 is 18.9. The molecule has 0 atom stereocenters. The Morgan fingerprint density at radius 3 is 2.41 bits per heavy atom. The van der Waals surface area contributed by atoms with Gasteiger partial charge in [0.25, 0.3) is 5.91 Å². The number of carbonyl (C=O) groups excluding carboxylic acids is 2. The van der Waals surface area contributed by atoms with Gasteiger partial charge in [0.05, 0.1) is 18.2 Å². The first-order valence-corrected chi connectivity index (χ1v) is 8.65. The van der Waals surface area contributed by atoms with Crippen LogP contribution in [0.5, 0.6) is 0 Å². The van der Waals surface area contributed by atoms with Crippen LogP contribution in [0.25, 0.3) is 10.9 Å². The normalized spacial score (nSPS) is 10.8. The average molecular weight is 368 g/mol. The third-order valence-electron chi connectivity index (χ3n) is 4.66. The molecule has 0 saturated carbocycles. The summed E-state index contributed by atoms with van der Waals surface area (Å²) in [6.07, 6.45) is 0.512. The van der Waals surface area contributed by atoms with Crippen molar-refractivity contribution in [2.45, 2.75) is 20.3 Å². The maximum Gasteiger partial charge on any atom is 0.337 e. The number of halogens is 1. The van der Waals surface area contributed by atoms with E-state index in [0.29, 0.717) is 29.5 Å². The lowest BCUT2D eigenvalue weighted by molar-refractivity contribution is 0.0600. The summed E-state index contributed by atoms with van der Waals surface area (Å²) in [7, 11) is 1.31. The van der Waals surface area contributed by atoms with Gasteiger partial charge in [-0.2, -0.15) is 0 Å². The second kappa shape index (κ2) is 7.61. The molecule has 2 N–H and O–H groups in total. The largest absolute Gasteiger partial charge is 0.465 e. The molecule has 0 saturated heterocycles. The Bertz CT molecular complexity index is 1010. The number of aryl methyl sites for hydroxylation is 2. The molecule has 0 bridgehead atoms. The molecule has 0 aliphatic carbocycles. The summed E-state index contributed by atoms with van der Waals surface area (Å²) in [4.78, 5) is 26.9. The van der Waals surface area contributed by atoms with Gasteiger partial charge in [0, 0.05) is 23.2 Å². The van der Waals surface area contributed by atoms with E-state index in [-0.39, 0.29) is 11.7 Å². The maximum absolute atomic E-state index is 14.3. The van der Waals surface area contributed by atoms with Crippen LogP contribution in [-0.2, 0) is 11.2 Å². The number of fused-ring (bicyclic) bond motifs is 1. The van der Waals surface area contributed by atoms with Gasteiger partial charge in [0.15, 0.2) is 0 Å². The van der Waals surface area contributed by atoms with Crippen LogP contribution in [0.3, 0.4) is 0 Å². The van der Waals surface area contributed by atoms with Crippen molar-refractivity contribution in [2.75, 3.05) is 13.7 Å². The van der Waals surface area contributed by atoms with E-state index in [9.17, 15) is 14.0 Å². The number of carbonyl (C=O) groups is 2. The Hall–Kier alpha value is -3.15. The quantitative estimate of drug-likeness (QED) is 0.675. The molecule has 0 fully saturated rings. The Morgan fingerprint density at radius 2 is 1.74 bits per heavy atom. The van der Waals surface area contributed by atoms with Crippen LogP contribution < -0.4 is 5.32 Å². The van der Waals surface area contributed by atoms with Gasteiger partial charge < -0.3 is 15.0 Å². The third kappa shape index (κ3) is 3.69. The van der Waals surface area contributed by atoms with Crippen LogP contribution >= 0.6 is 0 Å². The molecule has 0 aliphatic heterocycles. The molecule has 0 aliphatic rings. The van der Waals surface area contributed by atoms with Crippen LogP contribution in [-0.4, -0.2) is 30.5 Å². The number of hydrogen-bond donors (Lipinski definition) is 2. The topological polar surface area (TPSA) is 71.2 Å². The van der Waals surface area contributed by atoms with Gasteiger partial charge in [-0.05, 0) is 61.7 Å². The molecule has 27 heavy (non-hydrogen) atoms. The lowest BCUT2D eigenvalue weighted by atomic mass is 10.0. The number of amides is 1. The first kappa shape index (κ1) is 18.6. The summed E-state index contributed by atoms with van der Waals surface area (Å²) >= 11 is 0. The van der Waals surface area contributed by atoms with E-state index in [0.717, 1.165) is 22.3 Å². The molecular formula is C21H21FN2O3. The van der Waals surface area contributed by atoms with E-state index in [2.05, 4.69) is 15.0 Å². The van der Waals surface area contributed by atoms with Gasteiger partial charge in [-0.25, -0.2) is 9.18 Å². The highest BCUT2D eigenvalue weighted by atomic mass is 19.1. The van der Waals surface area contributed by atoms with Gasteiger partial charge >= 0.3 is 5.97 Å². The van der Waals surface area contributed by atoms with Crippen molar-refractivity contribution in [3.05, 3.63) is 70.2 Å². The van der Waals surface area contributed by atoms with Crippen molar-refractivity contribution in [3.8, 4) is 0 Å². The SMILES string of the molecule is COC(=O)c1ccc(C(=O)NCCc2c(C)[nH]c3c(C)ccc(F)c23)cc1. The lowest BCUT2D eigenvalue weighted by Crippen LogP contribution is -2.25. The van der Waals surface area contributed by atoms with E-state index in [1.807, 2.05) is 13.8 Å². The molecule has 1 aromatic heterocycles. The molecule has 140 valence electrons. The summed E-state index contributed by atoms with van der Waals surface area (Å²) in [5, 5.41) is 3.42. The first-order chi connectivity index (χ1) is 12.9. The van der Waals surface area contributed by atoms with Gasteiger partial charge in [-0.3, -0.25) is 4.79 Å². The average Bonchev–Trinajstić information content (AvgIpc) is 3.02. The predicted octanol–water partition coefficient (Wildman–Crippen LogP) is 3.68. The zero-order valence-corrected chi connectivity index (χ0v) is 15.5. The van der Waals surface area contributed by atoms with E-state index >= 15 is 0 Å². The van der Waals surface area contributed by atoms with Gasteiger partial charge in [0.1, 0.15) is 5.82 Å². The minimum absolute atomic E-state index is 0.249. The summed E-state index contributed by atoms with van der Waals surface area (Å²) in [6, 6.07) is 9.45. The van der Waals surface area contributed by atoms with Crippen LogP contribution in [0.15, 0.2) is 36.4 Å². The number of methoxy groups -OCH3 is 1. The van der Waals surface area contributed by atoms with Crippen molar-refractivity contribution in [1.82, 2.24) is 10.3 Å². The maximum atomic E-state index is 14.3. The van der Waals surface area contributed by atoms with E-state index in [1.165, 1.54) is 13.2 Å². The molecule has 1 amide bonds. The number of aromatic nitrogens is 1. The number of nitrogens with one attached hydrogen (secondary N) is 2. The van der Waals surface area contributed by atoms with Crippen molar-refractivity contribution in [3.63, 3.8) is 0 Å².